The second-order valence-electron chi connectivity index (χ2n) is 3.80. The van der Waals surface area contributed by atoms with Gasteiger partial charge in [-0.2, -0.15) is 0 Å². The lowest BCUT2D eigenvalue weighted by Crippen LogP contribution is -2.07. The molecule has 0 bridgehead atoms. The predicted octanol–water partition coefficient (Wildman–Crippen LogP) is 2.39. The zero-order chi connectivity index (χ0) is 12.8. The predicted molar refractivity (Wildman–Crippen MR) is 68.3 cm³/mol. The van der Waals surface area contributed by atoms with E-state index in [0.29, 0.717) is 18.7 Å². The smallest absolute Gasteiger partial charge is 0.161 e. The maximum absolute atomic E-state index is 10.5. The Hall–Kier alpha value is -2.23. The first kappa shape index (κ1) is 12.2. The summed E-state index contributed by atoms with van der Waals surface area (Å²) >= 11 is 0. The van der Waals surface area contributed by atoms with E-state index in [1.165, 1.54) is 0 Å². The van der Waals surface area contributed by atoms with E-state index in [4.69, 9.17) is 9.47 Å². The molecular weight excluding hydrogens is 230 g/mol. The summed E-state index contributed by atoms with van der Waals surface area (Å²) in [5.74, 6) is 1.45. The van der Waals surface area contributed by atoms with Crippen molar-refractivity contribution in [1.82, 2.24) is 4.57 Å². The van der Waals surface area contributed by atoms with Gasteiger partial charge in [0.1, 0.15) is 6.61 Å². The lowest BCUT2D eigenvalue weighted by atomic mass is 10.3. The van der Waals surface area contributed by atoms with E-state index >= 15 is 0 Å². The third-order valence-corrected chi connectivity index (χ3v) is 2.59. The van der Waals surface area contributed by atoms with Gasteiger partial charge >= 0.3 is 0 Å². The van der Waals surface area contributed by atoms with Crippen LogP contribution in [0.3, 0.4) is 0 Å². The average Bonchev–Trinajstić information content (AvgIpc) is 2.87. The van der Waals surface area contributed by atoms with Crippen LogP contribution in [0.5, 0.6) is 11.5 Å². The van der Waals surface area contributed by atoms with Crippen LogP contribution in [0.2, 0.25) is 0 Å². The number of rotatable bonds is 6. The molecule has 1 heterocycles. The number of para-hydroxylation sites is 2. The number of carbonyl (C=O) groups is 1. The Labute approximate surface area is 106 Å². The molecule has 0 atom stereocenters. The summed E-state index contributed by atoms with van der Waals surface area (Å²) in [6, 6.07) is 9.29. The molecule has 1 aromatic carbocycles. The Morgan fingerprint density at radius 3 is 2.67 bits per heavy atom. The van der Waals surface area contributed by atoms with Crippen LogP contribution < -0.4 is 9.47 Å². The lowest BCUT2D eigenvalue weighted by Gasteiger charge is -2.10. The summed E-state index contributed by atoms with van der Waals surface area (Å²) in [5.41, 5.74) is 0.673. The summed E-state index contributed by atoms with van der Waals surface area (Å²) in [7, 11) is 1.62. The molecule has 0 saturated heterocycles. The third kappa shape index (κ3) is 2.91. The van der Waals surface area contributed by atoms with Crippen LogP contribution in [-0.4, -0.2) is 24.6 Å². The van der Waals surface area contributed by atoms with Gasteiger partial charge in [-0.3, -0.25) is 4.79 Å². The maximum Gasteiger partial charge on any atom is 0.161 e. The number of carbonyl (C=O) groups excluding carboxylic acids is 1. The molecule has 4 heteroatoms. The van der Waals surface area contributed by atoms with Crippen LogP contribution in [0, 0.1) is 0 Å². The molecule has 4 nitrogen and oxygen atoms in total. The van der Waals surface area contributed by atoms with Crippen molar-refractivity contribution in [3.63, 3.8) is 0 Å². The molecule has 2 rings (SSSR count). The number of ether oxygens (including phenoxy) is 2. The fourth-order valence-electron chi connectivity index (χ4n) is 1.67. The van der Waals surface area contributed by atoms with E-state index in [1.54, 1.807) is 19.4 Å². The van der Waals surface area contributed by atoms with Crippen LogP contribution in [0.1, 0.15) is 10.4 Å². The maximum atomic E-state index is 10.5. The van der Waals surface area contributed by atoms with E-state index in [9.17, 15) is 4.79 Å². The first-order valence-electron chi connectivity index (χ1n) is 5.70. The monoisotopic (exact) mass is 245 g/mol. The van der Waals surface area contributed by atoms with E-state index in [2.05, 4.69) is 0 Å². The highest BCUT2D eigenvalue weighted by atomic mass is 16.5. The molecule has 0 aliphatic heterocycles. The van der Waals surface area contributed by atoms with Gasteiger partial charge in [-0.25, -0.2) is 0 Å². The highest BCUT2D eigenvalue weighted by Crippen LogP contribution is 2.25. The summed E-state index contributed by atoms with van der Waals surface area (Å²) in [6.07, 6.45) is 4.48. The van der Waals surface area contributed by atoms with Gasteiger partial charge in [-0.15, -0.1) is 0 Å². The highest BCUT2D eigenvalue weighted by molar-refractivity contribution is 5.74. The minimum atomic E-state index is 0.521. The van der Waals surface area contributed by atoms with Crippen molar-refractivity contribution in [1.29, 1.82) is 0 Å². The summed E-state index contributed by atoms with van der Waals surface area (Å²) in [6.45, 7) is 1.21. The Balaban J connectivity index is 1.90. The third-order valence-electron chi connectivity index (χ3n) is 2.59. The summed E-state index contributed by atoms with van der Waals surface area (Å²) < 4.78 is 12.7. The zero-order valence-corrected chi connectivity index (χ0v) is 10.2. The first-order chi connectivity index (χ1) is 8.83. The highest BCUT2D eigenvalue weighted by Gasteiger charge is 2.02. The Kier molecular flexibility index (Phi) is 4.02. The van der Waals surface area contributed by atoms with Gasteiger partial charge in [0.25, 0.3) is 0 Å². The van der Waals surface area contributed by atoms with Crippen molar-refractivity contribution >= 4 is 6.29 Å². The number of aromatic nitrogens is 1. The quantitative estimate of drug-likeness (QED) is 0.734. The van der Waals surface area contributed by atoms with E-state index < -0.39 is 0 Å². The normalized spacial score (nSPS) is 10.1. The van der Waals surface area contributed by atoms with Crippen LogP contribution in [0.4, 0.5) is 0 Å². The average molecular weight is 245 g/mol. The van der Waals surface area contributed by atoms with Crippen molar-refractivity contribution < 1.29 is 14.3 Å². The molecule has 0 amide bonds. The molecule has 0 fully saturated rings. The van der Waals surface area contributed by atoms with Crippen LogP contribution in [-0.2, 0) is 6.54 Å². The van der Waals surface area contributed by atoms with Gasteiger partial charge < -0.3 is 14.0 Å². The van der Waals surface area contributed by atoms with Crippen LogP contribution in [0.25, 0.3) is 0 Å². The molecule has 0 aliphatic rings. The SMILES string of the molecule is COc1ccccc1OCCn1ccc(C=O)c1. The Bertz CT molecular complexity index is 519. The lowest BCUT2D eigenvalue weighted by molar-refractivity contribution is 0.112. The van der Waals surface area contributed by atoms with Gasteiger partial charge in [-0.1, -0.05) is 12.1 Å². The molecule has 0 spiro atoms. The van der Waals surface area contributed by atoms with Gasteiger partial charge in [0.15, 0.2) is 17.8 Å². The number of hydrogen-bond donors (Lipinski definition) is 0. The molecule has 94 valence electrons. The van der Waals surface area contributed by atoms with Crippen molar-refractivity contribution in [2.24, 2.45) is 0 Å². The fraction of sp³-hybridized carbons (Fsp3) is 0.214. The fourth-order valence-corrected chi connectivity index (χ4v) is 1.67. The van der Waals surface area contributed by atoms with Crippen LogP contribution >= 0.6 is 0 Å². The van der Waals surface area contributed by atoms with Gasteiger partial charge in [0, 0.05) is 18.0 Å². The molecule has 0 aliphatic carbocycles. The number of benzene rings is 1. The first-order valence-corrected chi connectivity index (χ1v) is 5.70. The minimum absolute atomic E-state index is 0.521. The summed E-state index contributed by atoms with van der Waals surface area (Å²) in [5, 5.41) is 0. The van der Waals surface area contributed by atoms with Crippen molar-refractivity contribution in [2.75, 3.05) is 13.7 Å². The molecule has 18 heavy (non-hydrogen) atoms. The second kappa shape index (κ2) is 5.91. The second-order valence-corrected chi connectivity index (χ2v) is 3.80. The molecule has 0 unspecified atom stereocenters. The van der Waals surface area contributed by atoms with Crippen molar-refractivity contribution in [2.45, 2.75) is 6.54 Å². The van der Waals surface area contributed by atoms with E-state index in [0.717, 1.165) is 17.8 Å². The van der Waals surface area contributed by atoms with E-state index in [1.807, 2.05) is 35.0 Å². The number of aldehydes is 1. The van der Waals surface area contributed by atoms with Crippen LogP contribution in [0.15, 0.2) is 42.7 Å². The Morgan fingerprint density at radius 1 is 1.22 bits per heavy atom. The van der Waals surface area contributed by atoms with Gasteiger partial charge in [0.2, 0.25) is 0 Å². The topological polar surface area (TPSA) is 40.5 Å². The van der Waals surface area contributed by atoms with Gasteiger partial charge in [0.05, 0.1) is 13.7 Å². The van der Waals surface area contributed by atoms with Crippen molar-refractivity contribution in [3.05, 3.63) is 48.3 Å². The largest absolute Gasteiger partial charge is 0.493 e. The zero-order valence-electron chi connectivity index (χ0n) is 10.2. The molecule has 0 radical (unpaired) electrons. The molecular formula is C14H15NO3. The number of nitrogens with zero attached hydrogens (tertiary/aromatic N) is 1. The summed E-state index contributed by atoms with van der Waals surface area (Å²) in [4.78, 5) is 10.5. The number of methoxy groups -OCH3 is 1. The minimum Gasteiger partial charge on any atom is -0.493 e. The van der Waals surface area contributed by atoms with Gasteiger partial charge in [-0.05, 0) is 18.2 Å². The standard InChI is InChI=1S/C14H15NO3/c1-17-13-4-2-3-5-14(13)18-9-8-15-7-6-12(10-15)11-16/h2-7,10-11H,8-9H2,1H3. The molecule has 2 aromatic rings. The van der Waals surface area contributed by atoms with Crippen molar-refractivity contribution in [3.8, 4) is 11.5 Å². The molecule has 0 saturated carbocycles. The Morgan fingerprint density at radius 2 is 2.00 bits per heavy atom. The number of hydrogen-bond acceptors (Lipinski definition) is 3. The molecule has 1 aromatic heterocycles. The molecule has 0 N–H and O–H groups in total. The van der Waals surface area contributed by atoms with E-state index in [-0.39, 0.29) is 0 Å².